The average molecular weight is 337 g/mol. The van der Waals surface area contributed by atoms with Crippen LogP contribution >= 0.6 is 24.8 Å². The molecule has 0 atom stereocenters. The molecule has 1 aromatic rings. The minimum absolute atomic E-state index is 0. The lowest BCUT2D eigenvalue weighted by Gasteiger charge is -2.07. The topological polar surface area (TPSA) is 53.5 Å². The number of nitrogens with one attached hydrogen (secondary N) is 2. The number of hydrogen-bond donors (Lipinski definition) is 3. The molecule has 21 heavy (non-hydrogen) atoms. The fourth-order valence-corrected chi connectivity index (χ4v) is 1.63. The van der Waals surface area contributed by atoms with Crippen molar-refractivity contribution in [3.63, 3.8) is 0 Å². The summed E-state index contributed by atoms with van der Waals surface area (Å²) in [5, 5.41) is 15.1. The summed E-state index contributed by atoms with van der Waals surface area (Å²) < 4.78 is 5.42. The van der Waals surface area contributed by atoms with Crippen LogP contribution in [0.2, 0.25) is 0 Å². The van der Waals surface area contributed by atoms with E-state index in [1.165, 1.54) is 5.56 Å². The quantitative estimate of drug-likeness (QED) is 0.428. The van der Waals surface area contributed by atoms with Crippen molar-refractivity contribution in [3.8, 4) is 5.75 Å². The normalized spacial score (nSPS) is 9.38. The van der Waals surface area contributed by atoms with E-state index in [0.29, 0.717) is 13.2 Å². The van der Waals surface area contributed by atoms with Crippen LogP contribution < -0.4 is 15.4 Å². The molecule has 0 saturated heterocycles. The van der Waals surface area contributed by atoms with Crippen LogP contribution in [-0.2, 0) is 6.54 Å². The summed E-state index contributed by atoms with van der Waals surface area (Å²) in [7, 11) is 0. The zero-order chi connectivity index (χ0) is 13.8. The lowest BCUT2D eigenvalue weighted by Crippen LogP contribution is -2.23. The minimum atomic E-state index is 0. The molecule has 1 aromatic carbocycles. The average Bonchev–Trinajstić information content (AvgIpc) is 2.45. The molecular weight excluding hydrogens is 311 g/mol. The molecule has 0 amide bonds. The van der Waals surface area contributed by atoms with Gasteiger partial charge in [0.25, 0.3) is 0 Å². The number of ether oxygens (including phenoxy) is 1. The highest BCUT2D eigenvalue weighted by molar-refractivity contribution is 5.85. The SMILES string of the molecule is C=CCOc1ccc(CNCCCNCCO)cc1.Cl.Cl. The fraction of sp³-hybridized carbons (Fsp3) is 0.467. The monoisotopic (exact) mass is 336 g/mol. The summed E-state index contributed by atoms with van der Waals surface area (Å²) in [4.78, 5) is 0. The van der Waals surface area contributed by atoms with Gasteiger partial charge in [0.05, 0.1) is 6.61 Å². The van der Waals surface area contributed by atoms with Crippen molar-refractivity contribution in [2.24, 2.45) is 0 Å². The summed E-state index contributed by atoms with van der Waals surface area (Å²) in [5.74, 6) is 0.872. The number of aliphatic hydroxyl groups is 1. The van der Waals surface area contributed by atoms with Crippen LogP contribution in [0.1, 0.15) is 12.0 Å². The van der Waals surface area contributed by atoms with Crippen molar-refractivity contribution in [3.05, 3.63) is 42.5 Å². The van der Waals surface area contributed by atoms with Gasteiger partial charge in [-0.3, -0.25) is 0 Å². The second-order valence-electron chi connectivity index (χ2n) is 4.25. The third kappa shape index (κ3) is 11.5. The Labute approximate surface area is 139 Å². The molecule has 0 fully saturated rings. The van der Waals surface area contributed by atoms with Gasteiger partial charge in [-0.2, -0.15) is 0 Å². The van der Waals surface area contributed by atoms with E-state index in [1.54, 1.807) is 6.08 Å². The molecular formula is C15H26Cl2N2O2. The van der Waals surface area contributed by atoms with Gasteiger partial charge in [-0.05, 0) is 37.2 Å². The Morgan fingerprint density at radius 2 is 1.71 bits per heavy atom. The Balaban J connectivity index is 0. The van der Waals surface area contributed by atoms with Gasteiger partial charge in [0, 0.05) is 13.1 Å². The lowest BCUT2D eigenvalue weighted by molar-refractivity contribution is 0.292. The van der Waals surface area contributed by atoms with Gasteiger partial charge >= 0.3 is 0 Å². The van der Waals surface area contributed by atoms with E-state index in [2.05, 4.69) is 29.3 Å². The van der Waals surface area contributed by atoms with Crippen molar-refractivity contribution in [2.75, 3.05) is 32.8 Å². The largest absolute Gasteiger partial charge is 0.490 e. The maximum absolute atomic E-state index is 8.60. The number of benzene rings is 1. The van der Waals surface area contributed by atoms with E-state index in [-0.39, 0.29) is 31.4 Å². The van der Waals surface area contributed by atoms with Crippen molar-refractivity contribution in [2.45, 2.75) is 13.0 Å². The minimum Gasteiger partial charge on any atom is -0.490 e. The first-order valence-electron chi connectivity index (χ1n) is 6.71. The fourth-order valence-electron chi connectivity index (χ4n) is 1.63. The standard InChI is InChI=1S/C15H24N2O2.2ClH/c1-2-12-19-15-6-4-14(5-7-15)13-17-9-3-8-16-10-11-18;;/h2,4-7,16-18H,1,3,8-13H2;2*1H. The van der Waals surface area contributed by atoms with E-state index >= 15 is 0 Å². The summed E-state index contributed by atoms with van der Waals surface area (Å²) >= 11 is 0. The number of halogens is 2. The van der Waals surface area contributed by atoms with Gasteiger partial charge in [-0.15, -0.1) is 24.8 Å². The van der Waals surface area contributed by atoms with Gasteiger partial charge in [0.1, 0.15) is 12.4 Å². The number of rotatable bonds is 11. The molecule has 0 aliphatic carbocycles. The molecule has 1 rings (SSSR count). The van der Waals surface area contributed by atoms with Gasteiger partial charge in [-0.25, -0.2) is 0 Å². The van der Waals surface area contributed by atoms with Gasteiger partial charge in [0.15, 0.2) is 0 Å². The Morgan fingerprint density at radius 3 is 2.33 bits per heavy atom. The van der Waals surface area contributed by atoms with Crippen LogP contribution in [0.15, 0.2) is 36.9 Å². The number of hydrogen-bond acceptors (Lipinski definition) is 4. The first-order chi connectivity index (χ1) is 9.36. The molecule has 0 aliphatic heterocycles. The Hall–Kier alpha value is -0.780. The van der Waals surface area contributed by atoms with E-state index in [4.69, 9.17) is 9.84 Å². The first kappa shape index (κ1) is 22.5. The molecule has 0 unspecified atom stereocenters. The molecule has 0 radical (unpaired) electrons. The third-order valence-electron chi connectivity index (χ3n) is 2.62. The van der Waals surface area contributed by atoms with Crippen LogP contribution in [0.25, 0.3) is 0 Å². The van der Waals surface area contributed by atoms with Crippen LogP contribution in [0.5, 0.6) is 5.75 Å². The second kappa shape index (κ2) is 15.6. The third-order valence-corrected chi connectivity index (χ3v) is 2.62. The molecule has 0 bridgehead atoms. The van der Waals surface area contributed by atoms with E-state index < -0.39 is 0 Å². The van der Waals surface area contributed by atoms with Crippen LogP contribution in [-0.4, -0.2) is 38.0 Å². The van der Waals surface area contributed by atoms with Crippen molar-refractivity contribution in [1.82, 2.24) is 10.6 Å². The van der Waals surface area contributed by atoms with Gasteiger partial charge in [-0.1, -0.05) is 24.8 Å². The van der Waals surface area contributed by atoms with Gasteiger partial charge in [0.2, 0.25) is 0 Å². The van der Waals surface area contributed by atoms with E-state index in [0.717, 1.165) is 31.8 Å². The number of aliphatic hydroxyl groups excluding tert-OH is 1. The zero-order valence-corrected chi connectivity index (χ0v) is 13.8. The van der Waals surface area contributed by atoms with Crippen molar-refractivity contribution >= 4 is 24.8 Å². The predicted molar refractivity (Wildman–Crippen MR) is 92.9 cm³/mol. The highest BCUT2D eigenvalue weighted by Gasteiger charge is 1.95. The predicted octanol–water partition coefficient (Wildman–Crippen LogP) is 2.16. The lowest BCUT2D eigenvalue weighted by atomic mass is 10.2. The Morgan fingerprint density at radius 1 is 1.05 bits per heavy atom. The Kier molecular flexibility index (Phi) is 16.7. The van der Waals surface area contributed by atoms with Gasteiger partial charge < -0.3 is 20.5 Å². The molecule has 0 spiro atoms. The van der Waals surface area contributed by atoms with Crippen LogP contribution in [0.3, 0.4) is 0 Å². The van der Waals surface area contributed by atoms with Crippen LogP contribution in [0.4, 0.5) is 0 Å². The molecule has 6 heteroatoms. The highest BCUT2D eigenvalue weighted by atomic mass is 35.5. The first-order valence-corrected chi connectivity index (χ1v) is 6.71. The Bertz CT molecular complexity index is 348. The smallest absolute Gasteiger partial charge is 0.119 e. The highest BCUT2D eigenvalue weighted by Crippen LogP contribution is 2.11. The summed E-state index contributed by atoms with van der Waals surface area (Å²) in [5.41, 5.74) is 1.24. The molecule has 0 aliphatic rings. The zero-order valence-electron chi connectivity index (χ0n) is 12.2. The molecule has 0 aromatic heterocycles. The molecule has 0 heterocycles. The van der Waals surface area contributed by atoms with E-state index in [9.17, 15) is 0 Å². The van der Waals surface area contributed by atoms with Crippen molar-refractivity contribution < 1.29 is 9.84 Å². The maximum Gasteiger partial charge on any atom is 0.119 e. The molecule has 0 saturated carbocycles. The summed E-state index contributed by atoms with van der Waals surface area (Å²) in [6.45, 7) is 7.79. The molecule has 4 nitrogen and oxygen atoms in total. The van der Waals surface area contributed by atoms with Crippen molar-refractivity contribution in [1.29, 1.82) is 0 Å². The summed E-state index contributed by atoms with van der Waals surface area (Å²) in [6.07, 6.45) is 2.79. The second-order valence-corrected chi connectivity index (χ2v) is 4.25. The van der Waals surface area contributed by atoms with E-state index in [1.807, 2.05) is 12.1 Å². The molecule has 3 N–H and O–H groups in total. The summed E-state index contributed by atoms with van der Waals surface area (Å²) in [6, 6.07) is 8.08. The molecule has 122 valence electrons. The maximum atomic E-state index is 8.60. The van der Waals surface area contributed by atoms with Crippen LogP contribution in [0, 0.1) is 0 Å².